The summed E-state index contributed by atoms with van der Waals surface area (Å²) in [6.07, 6.45) is 2.87. The zero-order valence-electron chi connectivity index (χ0n) is 13.0. The standard InChI is InChI=1S/C16H23NO4/c1-5-7-12-13(8-6-2)15(19)17(14(12)18)9-10-21-16(20)11(3)4/h3,5-10H2,1-2,4H3. The first-order valence-corrected chi connectivity index (χ1v) is 7.34. The van der Waals surface area contributed by atoms with E-state index >= 15 is 0 Å². The maximum absolute atomic E-state index is 12.3. The highest BCUT2D eigenvalue weighted by molar-refractivity contribution is 6.19. The minimum absolute atomic E-state index is 0.00197. The van der Waals surface area contributed by atoms with Crippen LogP contribution in [0.15, 0.2) is 23.3 Å². The van der Waals surface area contributed by atoms with Gasteiger partial charge in [-0.2, -0.15) is 0 Å². The molecule has 0 unspecified atom stereocenters. The van der Waals surface area contributed by atoms with Crippen molar-refractivity contribution >= 4 is 17.8 Å². The lowest BCUT2D eigenvalue weighted by molar-refractivity contribution is -0.144. The van der Waals surface area contributed by atoms with Gasteiger partial charge in [-0.25, -0.2) is 4.79 Å². The third kappa shape index (κ3) is 4.03. The first kappa shape index (κ1) is 17.1. The number of rotatable bonds is 8. The van der Waals surface area contributed by atoms with Crippen LogP contribution >= 0.6 is 0 Å². The minimum Gasteiger partial charge on any atom is -0.460 e. The van der Waals surface area contributed by atoms with E-state index in [0.717, 1.165) is 12.8 Å². The van der Waals surface area contributed by atoms with Crippen molar-refractivity contribution in [1.82, 2.24) is 4.90 Å². The molecule has 0 saturated carbocycles. The van der Waals surface area contributed by atoms with Crippen molar-refractivity contribution < 1.29 is 19.1 Å². The molecule has 2 amide bonds. The summed E-state index contributed by atoms with van der Waals surface area (Å²) < 4.78 is 4.95. The van der Waals surface area contributed by atoms with Crippen molar-refractivity contribution in [3.05, 3.63) is 23.3 Å². The summed E-state index contributed by atoms with van der Waals surface area (Å²) in [5.74, 6) is -0.988. The van der Waals surface area contributed by atoms with Crippen LogP contribution in [0, 0.1) is 0 Å². The van der Waals surface area contributed by atoms with Crippen LogP contribution in [0.3, 0.4) is 0 Å². The summed E-state index contributed by atoms with van der Waals surface area (Å²) >= 11 is 0. The van der Waals surface area contributed by atoms with Crippen LogP contribution in [-0.4, -0.2) is 35.8 Å². The van der Waals surface area contributed by atoms with E-state index in [2.05, 4.69) is 6.58 Å². The van der Waals surface area contributed by atoms with Gasteiger partial charge in [0.1, 0.15) is 6.61 Å². The van der Waals surface area contributed by atoms with Gasteiger partial charge in [0.15, 0.2) is 0 Å². The molecule has 0 aromatic carbocycles. The summed E-state index contributed by atoms with van der Waals surface area (Å²) in [6, 6.07) is 0. The molecule has 5 nitrogen and oxygen atoms in total. The fourth-order valence-corrected chi connectivity index (χ4v) is 2.25. The summed E-state index contributed by atoms with van der Waals surface area (Å²) in [7, 11) is 0. The Hall–Kier alpha value is -1.91. The summed E-state index contributed by atoms with van der Waals surface area (Å²) in [4.78, 5) is 37.1. The Morgan fingerprint density at radius 1 is 1.10 bits per heavy atom. The first-order valence-electron chi connectivity index (χ1n) is 7.34. The van der Waals surface area contributed by atoms with Gasteiger partial charge in [0.25, 0.3) is 11.8 Å². The predicted molar refractivity (Wildman–Crippen MR) is 79.3 cm³/mol. The summed E-state index contributed by atoms with van der Waals surface area (Å²) in [6.45, 7) is 9.08. The van der Waals surface area contributed by atoms with Gasteiger partial charge in [-0.1, -0.05) is 33.3 Å². The zero-order valence-corrected chi connectivity index (χ0v) is 13.0. The number of carbonyl (C=O) groups excluding carboxylic acids is 3. The quantitative estimate of drug-likeness (QED) is 0.391. The summed E-state index contributed by atoms with van der Waals surface area (Å²) in [5.41, 5.74) is 1.54. The SMILES string of the molecule is C=C(C)C(=O)OCCN1C(=O)C(CCC)=C(CCC)C1=O. The van der Waals surface area contributed by atoms with Gasteiger partial charge < -0.3 is 4.74 Å². The van der Waals surface area contributed by atoms with Gasteiger partial charge in [-0.15, -0.1) is 0 Å². The van der Waals surface area contributed by atoms with Gasteiger partial charge >= 0.3 is 5.97 Å². The summed E-state index contributed by atoms with van der Waals surface area (Å²) in [5, 5.41) is 0. The Morgan fingerprint density at radius 3 is 1.95 bits per heavy atom. The number of ether oxygens (including phenoxy) is 1. The fraction of sp³-hybridized carbons (Fsp3) is 0.562. The van der Waals surface area contributed by atoms with E-state index in [4.69, 9.17) is 4.74 Å². The molecule has 0 atom stereocenters. The van der Waals surface area contributed by atoms with E-state index in [1.54, 1.807) is 6.92 Å². The van der Waals surface area contributed by atoms with Crippen molar-refractivity contribution in [2.75, 3.05) is 13.2 Å². The molecule has 0 saturated heterocycles. The molecule has 0 aromatic rings. The highest BCUT2D eigenvalue weighted by Crippen LogP contribution is 2.27. The lowest BCUT2D eigenvalue weighted by Crippen LogP contribution is -2.35. The number of amides is 2. The van der Waals surface area contributed by atoms with Crippen LogP contribution in [0.25, 0.3) is 0 Å². The maximum atomic E-state index is 12.3. The van der Waals surface area contributed by atoms with Gasteiger partial charge in [-0.05, 0) is 19.8 Å². The second-order valence-electron chi connectivity index (χ2n) is 5.14. The van der Waals surface area contributed by atoms with E-state index in [1.807, 2.05) is 13.8 Å². The molecule has 1 aliphatic heterocycles. The number of carbonyl (C=O) groups is 3. The molecule has 1 aliphatic rings. The van der Waals surface area contributed by atoms with E-state index in [-0.39, 0.29) is 25.0 Å². The lowest BCUT2D eigenvalue weighted by Gasteiger charge is -2.15. The molecule has 0 radical (unpaired) electrons. The fourth-order valence-electron chi connectivity index (χ4n) is 2.25. The average molecular weight is 293 g/mol. The molecule has 21 heavy (non-hydrogen) atoms. The lowest BCUT2D eigenvalue weighted by atomic mass is 10.0. The van der Waals surface area contributed by atoms with Crippen LogP contribution in [0.1, 0.15) is 46.5 Å². The average Bonchev–Trinajstić information content (AvgIpc) is 2.65. The van der Waals surface area contributed by atoms with Gasteiger partial charge in [0.2, 0.25) is 0 Å². The molecular formula is C16H23NO4. The topological polar surface area (TPSA) is 63.7 Å². The molecule has 1 heterocycles. The third-order valence-corrected chi connectivity index (χ3v) is 3.27. The highest BCUT2D eigenvalue weighted by atomic mass is 16.5. The first-order chi connectivity index (χ1) is 9.93. The van der Waals surface area contributed by atoms with Crippen molar-refractivity contribution in [2.45, 2.75) is 46.5 Å². The van der Waals surface area contributed by atoms with Crippen molar-refractivity contribution in [1.29, 1.82) is 0 Å². The zero-order chi connectivity index (χ0) is 16.0. The minimum atomic E-state index is -0.510. The molecule has 5 heteroatoms. The Labute approximate surface area is 125 Å². The second kappa shape index (κ2) is 7.76. The Bertz CT molecular complexity index is 463. The van der Waals surface area contributed by atoms with Crippen LogP contribution < -0.4 is 0 Å². The normalized spacial score (nSPS) is 14.9. The van der Waals surface area contributed by atoms with Crippen LogP contribution in [-0.2, 0) is 19.1 Å². The second-order valence-corrected chi connectivity index (χ2v) is 5.14. The molecular weight excluding hydrogens is 270 g/mol. The predicted octanol–water partition coefficient (Wildman–Crippen LogP) is 2.37. The van der Waals surface area contributed by atoms with E-state index in [9.17, 15) is 14.4 Å². The van der Waals surface area contributed by atoms with Gasteiger partial charge in [0, 0.05) is 16.7 Å². The number of imide groups is 1. The molecule has 0 aliphatic carbocycles. The number of esters is 1. The van der Waals surface area contributed by atoms with Crippen molar-refractivity contribution in [2.24, 2.45) is 0 Å². The molecule has 0 aromatic heterocycles. The Balaban J connectivity index is 2.70. The van der Waals surface area contributed by atoms with Crippen LogP contribution in [0.4, 0.5) is 0 Å². The molecule has 116 valence electrons. The van der Waals surface area contributed by atoms with Gasteiger partial charge in [0.05, 0.1) is 6.54 Å². The Morgan fingerprint density at radius 2 is 1.57 bits per heavy atom. The van der Waals surface area contributed by atoms with Gasteiger partial charge in [-0.3, -0.25) is 14.5 Å². The molecule has 0 N–H and O–H groups in total. The van der Waals surface area contributed by atoms with E-state index in [1.165, 1.54) is 4.90 Å². The maximum Gasteiger partial charge on any atom is 0.333 e. The van der Waals surface area contributed by atoms with Crippen LogP contribution in [0.2, 0.25) is 0 Å². The smallest absolute Gasteiger partial charge is 0.333 e. The highest BCUT2D eigenvalue weighted by Gasteiger charge is 2.36. The molecule has 1 rings (SSSR count). The Kier molecular flexibility index (Phi) is 6.34. The largest absolute Gasteiger partial charge is 0.460 e. The van der Waals surface area contributed by atoms with Crippen molar-refractivity contribution in [3.63, 3.8) is 0 Å². The van der Waals surface area contributed by atoms with Crippen LogP contribution in [0.5, 0.6) is 0 Å². The monoisotopic (exact) mass is 293 g/mol. The molecule has 0 fully saturated rings. The van der Waals surface area contributed by atoms with Crippen molar-refractivity contribution in [3.8, 4) is 0 Å². The number of nitrogens with zero attached hydrogens (tertiary/aromatic N) is 1. The number of hydrogen-bond donors (Lipinski definition) is 0. The molecule has 0 spiro atoms. The van der Waals surface area contributed by atoms with E-state index in [0.29, 0.717) is 29.6 Å². The third-order valence-electron chi connectivity index (χ3n) is 3.27. The van der Waals surface area contributed by atoms with E-state index < -0.39 is 5.97 Å². The molecule has 0 bridgehead atoms. The number of hydrogen-bond acceptors (Lipinski definition) is 4.